The minimum absolute atomic E-state index is 0.106. The zero-order valence-electron chi connectivity index (χ0n) is 32.4. The number of esters is 2. The summed E-state index contributed by atoms with van der Waals surface area (Å²) in [6.07, 6.45) is 43.9. The van der Waals surface area contributed by atoms with Gasteiger partial charge >= 0.3 is 183 Å². The molecule has 0 aliphatic carbocycles. The number of carbonyl (C=O) groups excluding carboxylic acids is 2. The summed E-state index contributed by atoms with van der Waals surface area (Å²) in [4.78, 5) is 24.2. The van der Waals surface area contributed by atoms with Crippen molar-refractivity contribution in [1.82, 2.24) is 0 Å². The van der Waals surface area contributed by atoms with E-state index in [1.54, 1.807) is 0 Å². The molecule has 0 rings (SSSR count). The number of hydrogen-bond acceptors (Lipinski definition) is 5. The number of ether oxygens (including phenoxy) is 2. The molecule has 0 atom stereocenters. The molecule has 0 radical (unpaired) electrons. The Kier molecular flexibility index (Phi) is 41.3. The van der Waals surface area contributed by atoms with E-state index in [0.717, 1.165) is 34.6 Å². The van der Waals surface area contributed by atoms with Gasteiger partial charge in [-0.05, 0) is 0 Å². The van der Waals surface area contributed by atoms with Crippen molar-refractivity contribution in [2.24, 2.45) is 0 Å². The molecule has 0 aliphatic heterocycles. The van der Waals surface area contributed by atoms with Gasteiger partial charge in [-0.15, -0.1) is 0 Å². The third-order valence-corrected chi connectivity index (χ3v) is 17.1. The first-order valence-electron chi connectivity index (χ1n) is 21.4. The van der Waals surface area contributed by atoms with Crippen LogP contribution in [0.4, 0.5) is 0 Å². The van der Waals surface area contributed by atoms with E-state index >= 15 is 0 Å². The van der Waals surface area contributed by atoms with E-state index in [0.29, 0.717) is 26.1 Å². The summed E-state index contributed by atoms with van der Waals surface area (Å²) in [5.74, 6) is -0.213. The second-order valence-electron chi connectivity index (χ2n) is 14.6. The summed E-state index contributed by atoms with van der Waals surface area (Å²) in [6, 6.07) is 0. The van der Waals surface area contributed by atoms with Crippen molar-refractivity contribution in [1.29, 1.82) is 0 Å². The van der Waals surface area contributed by atoms with Gasteiger partial charge in [0.25, 0.3) is 0 Å². The van der Waals surface area contributed by atoms with Crippen LogP contribution in [0.15, 0.2) is 0 Å². The minimum atomic E-state index is -2.08. The molecule has 284 valence electrons. The van der Waals surface area contributed by atoms with E-state index in [1.807, 2.05) is 0 Å². The van der Waals surface area contributed by atoms with Crippen molar-refractivity contribution in [3.8, 4) is 0 Å². The van der Waals surface area contributed by atoms with Gasteiger partial charge in [-0.3, -0.25) is 0 Å². The predicted octanol–water partition coefficient (Wildman–Crippen LogP) is 14.6. The molecule has 0 N–H and O–H groups in total. The van der Waals surface area contributed by atoms with Gasteiger partial charge in [0.1, 0.15) is 0 Å². The standard InChI is InChI=1S/2C21H41O2.S.Sn/c2*1-3-5-6-7-8-9-10-11-12-13-14-15-16-17-18-19-20-23-21(22)4-2;;/h2*2-20H2,1H3;;. The summed E-state index contributed by atoms with van der Waals surface area (Å²) in [7, 11) is 5.67. The summed E-state index contributed by atoms with van der Waals surface area (Å²) in [6.45, 7) is 5.65. The van der Waals surface area contributed by atoms with Crippen molar-refractivity contribution >= 4 is 39.0 Å². The van der Waals surface area contributed by atoms with Gasteiger partial charge in [0.2, 0.25) is 0 Å². The Balaban J connectivity index is 3.36. The molecule has 0 aromatic carbocycles. The fourth-order valence-electron chi connectivity index (χ4n) is 6.42. The molecule has 0 unspecified atom stereocenters. The van der Waals surface area contributed by atoms with Crippen LogP contribution < -0.4 is 0 Å². The van der Waals surface area contributed by atoms with Crippen molar-refractivity contribution in [2.75, 3.05) is 13.2 Å². The number of hydrogen-bond donors (Lipinski definition) is 0. The topological polar surface area (TPSA) is 52.6 Å². The first kappa shape index (κ1) is 48.0. The molecule has 0 fully saturated rings. The van der Waals surface area contributed by atoms with E-state index in [4.69, 9.17) is 18.8 Å². The van der Waals surface area contributed by atoms with E-state index in [-0.39, 0.29) is 11.9 Å². The van der Waals surface area contributed by atoms with Gasteiger partial charge in [0.15, 0.2) is 0 Å². The molecule has 0 amide bonds. The molecule has 6 heteroatoms. The predicted molar refractivity (Wildman–Crippen MR) is 213 cm³/mol. The molecule has 4 nitrogen and oxygen atoms in total. The molecule has 0 saturated heterocycles. The molecule has 0 saturated carbocycles. The Morgan fingerprint density at radius 2 is 0.583 bits per heavy atom. The van der Waals surface area contributed by atoms with Crippen LogP contribution in [0.5, 0.6) is 0 Å². The van der Waals surface area contributed by atoms with Crippen LogP contribution in [-0.2, 0) is 19.1 Å². The first-order valence-corrected chi connectivity index (χ1v) is 29.4. The van der Waals surface area contributed by atoms with E-state index in [2.05, 4.69) is 13.8 Å². The third kappa shape index (κ3) is 40.4. The maximum atomic E-state index is 12.1. The summed E-state index contributed by atoms with van der Waals surface area (Å²) >= 11 is -2.08. The van der Waals surface area contributed by atoms with Crippen LogP contribution in [0, 0.1) is 0 Å². The Labute approximate surface area is 310 Å². The van der Waals surface area contributed by atoms with Gasteiger partial charge in [-0.1, -0.05) is 129 Å². The zero-order valence-corrected chi connectivity index (χ0v) is 36.1. The molecular weight excluding hydrogens is 719 g/mol. The number of carbonyl (C=O) groups is 2. The molecule has 0 heterocycles. The smallest absolute Gasteiger partial charge is 0.0654 e. The van der Waals surface area contributed by atoms with Gasteiger partial charge in [-0.25, -0.2) is 0 Å². The van der Waals surface area contributed by atoms with E-state index in [9.17, 15) is 9.59 Å². The summed E-state index contributed by atoms with van der Waals surface area (Å²) in [5, 5.41) is 0. The number of rotatable bonds is 40. The summed E-state index contributed by atoms with van der Waals surface area (Å²) < 4.78 is 12.5. The van der Waals surface area contributed by atoms with Crippen molar-refractivity contribution in [3.63, 3.8) is 0 Å². The molecule has 0 aromatic heterocycles. The van der Waals surface area contributed by atoms with Gasteiger partial charge in [0, 0.05) is 0 Å². The van der Waals surface area contributed by atoms with Gasteiger partial charge < -0.3 is 0 Å². The van der Waals surface area contributed by atoms with Crippen LogP contribution in [0.1, 0.15) is 232 Å². The minimum Gasteiger partial charge on any atom is -0.0654 e. The maximum absolute atomic E-state index is 12.1. The van der Waals surface area contributed by atoms with Gasteiger partial charge in [-0.2, -0.15) is 0 Å². The Morgan fingerprint density at radius 1 is 0.375 bits per heavy atom. The fourth-order valence-corrected chi connectivity index (χ4v) is 11.3. The van der Waals surface area contributed by atoms with Crippen LogP contribution in [-0.4, -0.2) is 43.0 Å². The van der Waals surface area contributed by atoms with Crippen LogP contribution in [0.3, 0.4) is 0 Å². The van der Waals surface area contributed by atoms with Crippen LogP contribution >= 0.6 is 9.29 Å². The quantitative estimate of drug-likeness (QED) is 0.0351. The molecule has 0 spiro atoms. The van der Waals surface area contributed by atoms with Crippen molar-refractivity contribution in [3.05, 3.63) is 0 Å². The molecular formula is C42H82O4SSn. The van der Waals surface area contributed by atoms with Gasteiger partial charge in [0.05, 0.1) is 0 Å². The molecule has 0 aromatic rings. The van der Waals surface area contributed by atoms with Crippen molar-refractivity contribution < 1.29 is 19.1 Å². The van der Waals surface area contributed by atoms with E-state index < -0.39 is 17.8 Å². The van der Waals surface area contributed by atoms with Crippen molar-refractivity contribution in [2.45, 2.75) is 241 Å². The summed E-state index contributed by atoms with van der Waals surface area (Å²) in [5.41, 5.74) is 0. The molecule has 0 bridgehead atoms. The zero-order chi connectivity index (χ0) is 35.0. The average Bonchev–Trinajstić information content (AvgIpc) is 3.09. The Bertz CT molecular complexity index is 645. The second kappa shape index (κ2) is 41.4. The van der Waals surface area contributed by atoms with Crippen LogP contribution in [0.25, 0.3) is 0 Å². The number of unbranched alkanes of at least 4 members (excludes halogenated alkanes) is 30. The third-order valence-electron chi connectivity index (χ3n) is 9.74. The SMILES string of the molecule is CCCCCCCCCCCCCCCCCCOC(=O)C[CH2][Sn](=[S])[CH2]CC(=O)OCCCCCCCCCCCCCCCCCC. The monoisotopic (exact) mass is 802 g/mol. The first-order chi connectivity index (χ1) is 23.6. The molecule has 0 aliphatic rings. The normalized spacial score (nSPS) is 11.2. The second-order valence-corrected chi connectivity index (χ2v) is 24.4. The van der Waals surface area contributed by atoms with E-state index in [1.165, 1.54) is 180 Å². The Hall–Kier alpha value is -0.0413. The average molecular weight is 802 g/mol. The molecule has 48 heavy (non-hydrogen) atoms. The van der Waals surface area contributed by atoms with Crippen LogP contribution in [0.2, 0.25) is 8.87 Å². The fraction of sp³-hybridized carbons (Fsp3) is 0.952. The Morgan fingerprint density at radius 3 is 0.812 bits per heavy atom.